The van der Waals surface area contributed by atoms with Crippen molar-refractivity contribution < 1.29 is 19.1 Å². The lowest BCUT2D eigenvalue weighted by Crippen LogP contribution is -2.35. The summed E-state index contributed by atoms with van der Waals surface area (Å²) in [6, 6.07) is 11.8. The Balaban J connectivity index is 0.000000257. The molecule has 1 fully saturated rings. The Kier molecular flexibility index (Phi) is 12.4. The highest BCUT2D eigenvalue weighted by molar-refractivity contribution is 6.30. The zero-order valence-corrected chi connectivity index (χ0v) is 20.3. The normalized spacial score (nSPS) is 15.1. The molecule has 0 saturated carbocycles. The van der Waals surface area contributed by atoms with Crippen LogP contribution >= 0.6 is 11.6 Å². The number of nitrogens with zero attached hydrogens (tertiary/aromatic N) is 1. The average Bonchev–Trinajstić information content (AvgIpc) is 2.82. The summed E-state index contributed by atoms with van der Waals surface area (Å²) in [5.41, 5.74) is 2.29. The average molecular weight is 493 g/mol. The number of aliphatic hydroxyl groups is 1. The lowest BCUT2D eigenvalue weighted by atomic mass is 10.1. The van der Waals surface area contributed by atoms with E-state index in [0.29, 0.717) is 18.5 Å². The summed E-state index contributed by atoms with van der Waals surface area (Å²) < 4.78 is 12.9. The Morgan fingerprint density at radius 3 is 2.29 bits per heavy atom. The van der Waals surface area contributed by atoms with Crippen molar-refractivity contribution in [2.24, 2.45) is 0 Å². The van der Waals surface area contributed by atoms with E-state index in [4.69, 9.17) is 11.6 Å². The minimum atomic E-state index is -0.924. The van der Waals surface area contributed by atoms with Crippen LogP contribution in [0.1, 0.15) is 43.8 Å². The van der Waals surface area contributed by atoms with E-state index in [1.807, 2.05) is 31.3 Å². The van der Waals surface area contributed by atoms with Gasteiger partial charge < -0.3 is 21.1 Å². The number of amides is 2. The van der Waals surface area contributed by atoms with Crippen LogP contribution in [0, 0.1) is 5.82 Å². The first-order valence-electron chi connectivity index (χ1n) is 11.5. The third-order valence-electron chi connectivity index (χ3n) is 5.50. The van der Waals surface area contributed by atoms with Gasteiger partial charge in [-0.2, -0.15) is 0 Å². The largest absolute Gasteiger partial charge is 0.388 e. The summed E-state index contributed by atoms with van der Waals surface area (Å²) in [4.78, 5) is 24.3. The van der Waals surface area contributed by atoms with Crippen molar-refractivity contribution in [1.29, 1.82) is 0 Å². The van der Waals surface area contributed by atoms with E-state index < -0.39 is 11.9 Å². The summed E-state index contributed by atoms with van der Waals surface area (Å²) in [6.45, 7) is 2.65. The monoisotopic (exact) mass is 492 g/mol. The van der Waals surface area contributed by atoms with Gasteiger partial charge in [-0.1, -0.05) is 36.9 Å². The Morgan fingerprint density at radius 2 is 1.71 bits per heavy atom. The first kappa shape index (κ1) is 27.6. The molecule has 2 amide bonds. The first-order valence-corrected chi connectivity index (χ1v) is 11.9. The fraction of sp³-hybridized carbons (Fsp3) is 0.440. The maximum absolute atomic E-state index is 12.9. The van der Waals surface area contributed by atoms with Crippen molar-refractivity contribution in [3.05, 3.63) is 58.9 Å². The van der Waals surface area contributed by atoms with E-state index in [1.54, 1.807) is 0 Å². The fourth-order valence-electron chi connectivity index (χ4n) is 3.59. The number of anilines is 2. The molecule has 4 N–H and O–H groups in total. The molecule has 2 aromatic rings. The molecule has 9 heteroatoms. The van der Waals surface area contributed by atoms with Crippen LogP contribution in [0.4, 0.5) is 15.8 Å². The molecule has 34 heavy (non-hydrogen) atoms. The van der Waals surface area contributed by atoms with Crippen molar-refractivity contribution in [3.8, 4) is 0 Å². The van der Waals surface area contributed by atoms with Gasteiger partial charge in [-0.15, -0.1) is 0 Å². The van der Waals surface area contributed by atoms with E-state index in [-0.39, 0.29) is 17.5 Å². The van der Waals surface area contributed by atoms with Gasteiger partial charge in [-0.25, -0.2) is 4.39 Å². The molecule has 0 radical (unpaired) electrons. The predicted octanol–water partition coefficient (Wildman–Crippen LogP) is 4.19. The molecular formula is C25H34ClFN4O3. The summed E-state index contributed by atoms with van der Waals surface area (Å²) >= 11 is 5.46. The van der Waals surface area contributed by atoms with Crippen molar-refractivity contribution in [2.75, 3.05) is 43.9 Å². The number of aliphatic hydroxyl groups excluding tert-OH is 1. The van der Waals surface area contributed by atoms with E-state index in [1.165, 1.54) is 44.2 Å². The molecule has 0 bridgehead atoms. The van der Waals surface area contributed by atoms with E-state index in [2.05, 4.69) is 20.9 Å². The van der Waals surface area contributed by atoms with Crippen LogP contribution in [0.15, 0.2) is 42.5 Å². The second kappa shape index (κ2) is 15.3. The van der Waals surface area contributed by atoms with E-state index >= 15 is 0 Å². The molecule has 7 nitrogen and oxygen atoms in total. The Labute approximate surface area is 205 Å². The molecule has 1 heterocycles. The molecule has 186 valence electrons. The van der Waals surface area contributed by atoms with Crippen LogP contribution in [0.3, 0.4) is 0 Å². The van der Waals surface area contributed by atoms with Gasteiger partial charge in [0.05, 0.1) is 17.7 Å². The molecule has 1 unspecified atom stereocenters. The van der Waals surface area contributed by atoms with Crippen molar-refractivity contribution >= 4 is 35.3 Å². The lowest BCUT2D eigenvalue weighted by molar-refractivity contribution is -0.117. The van der Waals surface area contributed by atoms with Gasteiger partial charge in [0.15, 0.2) is 0 Å². The van der Waals surface area contributed by atoms with Crippen LogP contribution in [-0.4, -0.2) is 55.6 Å². The van der Waals surface area contributed by atoms with Crippen LogP contribution in [0.2, 0.25) is 5.02 Å². The highest BCUT2D eigenvalue weighted by Gasteiger charge is 2.12. The molecule has 1 atom stereocenters. The van der Waals surface area contributed by atoms with Gasteiger partial charge in [-0.3, -0.25) is 14.5 Å². The minimum Gasteiger partial charge on any atom is -0.388 e. The third kappa shape index (κ3) is 10.1. The van der Waals surface area contributed by atoms with Gasteiger partial charge in [0, 0.05) is 25.0 Å². The Hall–Kier alpha value is -2.68. The van der Waals surface area contributed by atoms with E-state index in [9.17, 15) is 19.1 Å². The molecule has 1 saturated heterocycles. The van der Waals surface area contributed by atoms with Gasteiger partial charge in [0.2, 0.25) is 12.3 Å². The minimum absolute atomic E-state index is 0.00398. The van der Waals surface area contributed by atoms with Gasteiger partial charge in [0.1, 0.15) is 5.82 Å². The van der Waals surface area contributed by atoms with Crippen molar-refractivity contribution in [1.82, 2.24) is 10.2 Å². The standard InChI is InChI=1S/C16H25N3O.C9H9ClFNO2/c1-17-14-7-9-15(10-8-14)18-16(20)13-19-11-5-3-2-4-6-12-19;10-7-2-1-6(3-8(7)11)9(14)4-12-5-13/h7-10,17H,2-6,11-13H2,1H3,(H,18,20);1-3,5,9,14H,4H2,(H,12,13). The smallest absolute Gasteiger partial charge is 0.238 e. The van der Waals surface area contributed by atoms with Crippen molar-refractivity contribution in [3.63, 3.8) is 0 Å². The number of carbonyl (C=O) groups excluding carboxylic acids is 2. The number of carbonyl (C=O) groups is 2. The maximum atomic E-state index is 12.9. The summed E-state index contributed by atoms with van der Waals surface area (Å²) in [7, 11) is 1.88. The molecule has 1 aliphatic heterocycles. The molecule has 3 rings (SSSR count). The summed E-state index contributed by atoms with van der Waals surface area (Å²) in [5, 5.41) is 17.8. The predicted molar refractivity (Wildman–Crippen MR) is 135 cm³/mol. The van der Waals surface area contributed by atoms with E-state index in [0.717, 1.165) is 30.5 Å². The number of likely N-dealkylation sites (tertiary alicyclic amines) is 1. The summed E-state index contributed by atoms with van der Waals surface area (Å²) in [6.07, 6.45) is 5.90. The molecule has 0 aromatic heterocycles. The fourth-order valence-corrected chi connectivity index (χ4v) is 3.71. The number of nitrogens with one attached hydrogen (secondary N) is 3. The molecule has 0 spiro atoms. The highest BCUT2D eigenvalue weighted by atomic mass is 35.5. The topological polar surface area (TPSA) is 93.7 Å². The number of hydrogen-bond donors (Lipinski definition) is 4. The lowest BCUT2D eigenvalue weighted by Gasteiger charge is -2.23. The second-order valence-corrected chi connectivity index (χ2v) is 8.54. The Bertz CT molecular complexity index is 890. The number of halogens is 2. The SMILES string of the molecule is CNc1ccc(NC(=O)CN2CCCCCCC2)cc1.O=CNCC(O)c1ccc(Cl)c(F)c1. The zero-order valence-electron chi connectivity index (χ0n) is 19.5. The van der Waals surface area contributed by atoms with Crippen LogP contribution in [0.5, 0.6) is 0 Å². The maximum Gasteiger partial charge on any atom is 0.238 e. The Morgan fingerprint density at radius 1 is 1.09 bits per heavy atom. The number of hydrogen-bond acceptors (Lipinski definition) is 5. The third-order valence-corrected chi connectivity index (χ3v) is 5.80. The zero-order chi connectivity index (χ0) is 24.8. The number of benzene rings is 2. The molecule has 0 aliphatic carbocycles. The molecule has 2 aromatic carbocycles. The first-order chi connectivity index (χ1) is 16.4. The number of rotatable bonds is 8. The van der Waals surface area contributed by atoms with Crippen LogP contribution in [0.25, 0.3) is 0 Å². The molecule has 1 aliphatic rings. The molecular weight excluding hydrogens is 459 g/mol. The van der Waals surface area contributed by atoms with Crippen molar-refractivity contribution in [2.45, 2.75) is 38.2 Å². The quantitative estimate of drug-likeness (QED) is 0.414. The van der Waals surface area contributed by atoms with Crippen LogP contribution in [-0.2, 0) is 9.59 Å². The van der Waals surface area contributed by atoms with Gasteiger partial charge in [0.25, 0.3) is 0 Å². The second-order valence-electron chi connectivity index (χ2n) is 8.13. The van der Waals surface area contributed by atoms with Gasteiger partial charge in [-0.05, 0) is 67.9 Å². The van der Waals surface area contributed by atoms with Crippen LogP contribution < -0.4 is 16.0 Å². The highest BCUT2D eigenvalue weighted by Crippen LogP contribution is 2.19. The van der Waals surface area contributed by atoms with Gasteiger partial charge >= 0.3 is 0 Å². The summed E-state index contributed by atoms with van der Waals surface area (Å²) in [5.74, 6) is -0.503.